The largest absolute Gasteiger partial charge is 0.498 e. The number of benzene rings is 3. The maximum atomic E-state index is 14.8. The van der Waals surface area contributed by atoms with E-state index in [9.17, 15) is 54.9 Å². The van der Waals surface area contributed by atoms with Gasteiger partial charge in [0, 0.05) is 59.9 Å². The molecule has 1 amide bonds. The van der Waals surface area contributed by atoms with E-state index < -0.39 is 117 Å². The summed E-state index contributed by atoms with van der Waals surface area (Å²) in [5.74, 6) is -3.67. The van der Waals surface area contributed by atoms with Crippen LogP contribution in [-0.4, -0.2) is 147 Å². The number of aldehydes is 1. The first-order chi connectivity index (χ1) is 30.3. The Labute approximate surface area is 359 Å². The zero-order valence-corrected chi connectivity index (χ0v) is 33.8. The zero-order valence-electron chi connectivity index (χ0n) is 33.8. The van der Waals surface area contributed by atoms with Crippen LogP contribution in [0.15, 0.2) is 60.4 Å². The maximum absolute atomic E-state index is 14.8. The number of anilines is 1. The highest BCUT2D eigenvalue weighted by molar-refractivity contribution is 6.29. The molecule has 0 spiro atoms. The third-order valence-corrected chi connectivity index (χ3v) is 12.1. The van der Waals surface area contributed by atoms with Gasteiger partial charge in [-0.15, -0.1) is 0 Å². The number of nitrogens with one attached hydrogen (secondary N) is 3. The molecule has 5 aliphatic rings. The second kappa shape index (κ2) is 18.0. The minimum Gasteiger partial charge on any atom is -0.498 e. The summed E-state index contributed by atoms with van der Waals surface area (Å²) in [5.41, 5.74) is 4.72. The van der Waals surface area contributed by atoms with Crippen molar-refractivity contribution in [3.63, 3.8) is 0 Å². The number of amides is 1. The lowest BCUT2D eigenvalue weighted by molar-refractivity contribution is -0.323. The summed E-state index contributed by atoms with van der Waals surface area (Å²) < 4.78 is 25.1. The summed E-state index contributed by atoms with van der Waals surface area (Å²) in [4.78, 5) is 56.0. The van der Waals surface area contributed by atoms with Crippen molar-refractivity contribution < 1.29 is 73.9 Å². The zero-order chi connectivity index (χ0) is 44.7. The Morgan fingerprint density at radius 1 is 1.00 bits per heavy atom. The standard InChI is InChI=1S/C43H49N5O15/c44-42-46-39-32(40(58)47-42)45-19-48(39)28-4-2-1-3-24(28)30-21(7-10-49)16-60-18-29-35(56)38(57)43(59,9-12-51)41(62-29)63-36-27(30)14-26-31(37(36)61-17-22(53)8-11-50)34(55)25-13-20(15-52)5-6-23(25)33(26)54/h1-6,11,13-14,16,22,29-30,32,35,38-39,41-42,45-46,49,51-53,56-57,59H,7-10,12,15,17-19,44H2,(H,47,58)/b21-16+/t22-,29+,30-,32-,35+,38-,39+,41-,42+,43+/m1/s1. The summed E-state index contributed by atoms with van der Waals surface area (Å²) in [6, 6.07) is 11.9. The molecule has 1 aliphatic carbocycles. The number of para-hydroxylation sites is 1. The van der Waals surface area contributed by atoms with Crippen LogP contribution in [0.4, 0.5) is 5.69 Å². The van der Waals surface area contributed by atoms with Gasteiger partial charge in [-0.25, -0.2) is 0 Å². The fraction of sp³-hybridized carbons (Fsp3) is 0.442. The van der Waals surface area contributed by atoms with Crippen molar-refractivity contribution >= 4 is 29.4 Å². The molecule has 0 saturated carbocycles. The molecule has 2 bridgehead atoms. The number of rotatable bonds is 12. The van der Waals surface area contributed by atoms with E-state index in [1.54, 1.807) is 24.3 Å². The Kier molecular flexibility index (Phi) is 12.7. The van der Waals surface area contributed by atoms with Gasteiger partial charge in [-0.05, 0) is 47.4 Å². The molecule has 20 heteroatoms. The van der Waals surface area contributed by atoms with Crippen molar-refractivity contribution in [2.24, 2.45) is 5.73 Å². The summed E-state index contributed by atoms with van der Waals surface area (Å²) >= 11 is 0. The summed E-state index contributed by atoms with van der Waals surface area (Å²) in [6.07, 6.45) is -9.44. The quantitative estimate of drug-likeness (QED) is 0.0666. The molecule has 12 N–H and O–H groups in total. The number of hydrogen-bond acceptors (Lipinski definition) is 19. The number of carbonyl (C=O) groups is 4. The van der Waals surface area contributed by atoms with Gasteiger partial charge in [0.05, 0.1) is 31.2 Å². The SMILES string of the molecule is N[C@@H]1NC(=O)[C@@H]2NCN(c3ccccc3[C@H]3/C(CCO)=C/OC[C@@H]4O[C@H](Oc5c3cc3c(c5OC[C@H](O)CC=O)C(=O)c5cc(CO)ccc5C3=O)[C@](O)(CCO)[C@H](O)[C@H]4O)[C@@H]2N1. The number of fused-ring (bicyclic) bond motifs is 6. The molecule has 336 valence electrons. The van der Waals surface area contributed by atoms with E-state index in [1.165, 1.54) is 30.5 Å². The normalized spacial score (nSPS) is 30.2. The van der Waals surface area contributed by atoms with Gasteiger partial charge in [-0.2, -0.15) is 0 Å². The first-order valence-corrected chi connectivity index (χ1v) is 20.5. The Hall–Kier alpha value is -5.36. The van der Waals surface area contributed by atoms with Crippen LogP contribution in [0.1, 0.15) is 73.7 Å². The molecule has 8 rings (SSSR count). The van der Waals surface area contributed by atoms with Crippen LogP contribution >= 0.6 is 0 Å². The van der Waals surface area contributed by atoms with Crippen molar-refractivity contribution in [1.29, 1.82) is 0 Å². The molecule has 10 atom stereocenters. The molecule has 0 aromatic heterocycles. The number of ketones is 2. The maximum Gasteiger partial charge on any atom is 0.242 e. The molecule has 20 nitrogen and oxygen atoms in total. The molecular formula is C43H49N5O15. The molecule has 0 radical (unpaired) electrons. The molecule has 3 fully saturated rings. The minimum atomic E-state index is -2.54. The average Bonchev–Trinajstić information content (AvgIpc) is 3.69. The Morgan fingerprint density at radius 2 is 1.79 bits per heavy atom. The molecule has 3 saturated heterocycles. The Morgan fingerprint density at radius 3 is 2.54 bits per heavy atom. The molecule has 4 aliphatic heterocycles. The minimum absolute atomic E-state index is 0.000592. The monoisotopic (exact) mass is 875 g/mol. The average molecular weight is 876 g/mol. The van der Waals surface area contributed by atoms with Crippen molar-refractivity contribution in [3.05, 3.63) is 99.3 Å². The van der Waals surface area contributed by atoms with Gasteiger partial charge in [-0.1, -0.05) is 24.3 Å². The van der Waals surface area contributed by atoms with Crippen LogP contribution in [-0.2, 0) is 25.7 Å². The lowest BCUT2D eigenvalue weighted by Gasteiger charge is -2.47. The number of ether oxygens (including phenoxy) is 4. The lowest BCUT2D eigenvalue weighted by Crippen LogP contribution is -2.70. The van der Waals surface area contributed by atoms with Crippen molar-refractivity contribution in [2.75, 3.05) is 38.0 Å². The summed E-state index contributed by atoms with van der Waals surface area (Å²) in [7, 11) is 0. The summed E-state index contributed by atoms with van der Waals surface area (Å²) in [5, 5.41) is 85.5. The van der Waals surface area contributed by atoms with E-state index in [1.807, 2.05) is 4.90 Å². The highest BCUT2D eigenvalue weighted by atomic mass is 16.7. The molecule has 3 aromatic rings. The Bertz CT molecular complexity index is 2310. The number of hydrogen-bond donors (Lipinski definition) is 11. The van der Waals surface area contributed by atoms with Crippen LogP contribution in [0.3, 0.4) is 0 Å². The van der Waals surface area contributed by atoms with Crippen LogP contribution in [0.5, 0.6) is 11.5 Å². The van der Waals surface area contributed by atoms with Gasteiger partial charge in [0.15, 0.2) is 28.7 Å². The van der Waals surface area contributed by atoms with Gasteiger partial charge < -0.3 is 69.7 Å². The van der Waals surface area contributed by atoms with Crippen molar-refractivity contribution in [3.8, 4) is 11.5 Å². The van der Waals surface area contributed by atoms with Crippen molar-refractivity contribution in [1.82, 2.24) is 16.0 Å². The topological polar surface area (TPSA) is 312 Å². The first kappa shape index (κ1) is 44.3. The number of nitrogens with zero attached hydrogens (tertiary/aromatic N) is 1. The van der Waals surface area contributed by atoms with Crippen molar-refractivity contribution in [2.45, 2.75) is 86.6 Å². The highest BCUT2D eigenvalue weighted by Crippen LogP contribution is 2.52. The molecule has 63 heavy (non-hydrogen) atoms. The van der Waals surface area contributed by atoms with Crippen LogP contribution in [0.2, 0.25) is 0 Å². The second-order valence-electron chi connectivity index (χ2n) is 16.0. The number of carbonyl (C=O) groups excluding carboxylic acids is 4. The Balaban J connectivity index is 1.44. The van der Waals surface area contributed by atoms with E-state index in [0.29, 0.717) is 28.7 Å². The summed E-state index contributed by atoms with van der Waals surface area (Å²) in [6.45, 7) is -2.55. The van der Waals surface area contributed by atoms with Gasteiger partial charge >= 0.3 is 0 Å². The predicted octanol–water partition coefficient (Wildman–Crippen LogP) is -2.33. The lowest BCUT2D eigenvalue weighted by atomic mass is 9.77. The highest BCUT2D eigenvalue weighted by Gasteiger charge is 2.57. The second-order valence-corrected chi connectivity index (χ2v) is 16.0. The number of aliphatic hydroxyl groups excluding tert-OH is 6. The van der Waals surface area contributed by atoms with Gasteiger partial charge in [0.2, 0.25) is 12.2 Å². The van der Waals surface area contributed by atoms with Gasteiger partial charge in [0.25, 0.3) is 0 Å². The fourth-order valence-corrected chi connectivity index (χ4v) is 8.99. The number of aliphatic hydroxyl groups is 7. The number of nitrogens with two attached hydrogens (primary N) is 1. The third kappa shape index (κ3) is 7.86. The van der Waals surface area contributed by atoms with E-state index in [-0.39, 0.29) is 59.0 Å². The first-order valence-electron chi connectivity index (χ1n) is 20.5. The van der Waals surface area contributed by atoms with E-state index in [2.05, 4.69) is 16.0 Å². The third-order valence-electron chi connectivity index (χ3n) is 12.1. The molecule has 4 heterocycles. The van der Waals surface area contributed by atoms with Gasteiger partial charge in [0.1, 0.15) is 56.3 Å². The molecule has 0 unspecified atom stereocenters. The van der Waals surface area contributed by atoms with Crippen LogP contribution < -0.4 is 36.1 Å². The van der Waals surface area contributed by atoms with E-state index >= 15 is 0 Å². The van der Waals surface area contributed by atoms with Crippen LogP contribution in [0, 0.1) is 0 Å². The smallest absolute Gasteiger partial charge is 0.242 e. The van der Waals surface area contributed by atoms with E-state index in [0.717, 1.165) is 0 Å². The molecular weight excluding hydrogens is 826 g/mol. The van der Waals surface area contributed by atoms with E-state index in [4.69, 9.17) is 24.7 Å². The molecule has 3 aromatic carbocycles. The fourth-order valence-electron chi connectivity index (χ4n) is 8.99. The van der Waals surface area contributed by atoms with Crippen LogP contribution in [0.25, 0.3) is 0 Å². The predicted molar refractivity (Wildman–Crippen MR) is 217 cm³/mol. The van der Waals surface area contributed by atoms with Gasteiger partial charge in [-0.3, -0.25) is 30.8 Å².